The van der Waals surface area contributed by atoms with Crippen molar-refractivity contribution in [2.45, 2.75) is 49.3 Å². The molecule has 2 rings (SSSR count). The molecule has 1 aromatic carbocycles. The summed E-state index contributed by atoms with van der Waals surface area (Å²) < 4.78 is 1.19. The summed E-state index contributed by atoms with van der Waals surface area (Å²) in [5.74, 6) is 1.62. The van der Waals surface area contributed by atoms with Crippen LogP contribution in [0.25, 0.3) is 0 Å². The molecule has 3 unspecified atom stereocenters. The number of nitrogens with two attached hydrogens (primary N) is 1. The molecule has 100 valence electrons. The summed E-state index contributed by atoms with van der Waals surface area (Å²) in [5.41, 5.74) is 6.30. The average molecular weight is 328 g/mol. The Labute approximate surface area is 123 Å². The first kappa shape index (κ1) is 14.4. The van der Waals surface area contributed by atoms with Crippen molar-refractivity contribution in [2.75, 3.05) is 0 Å². The van der Waals surface area contributed by atoms with Gasteiger partial charge in [0.25, 0.3) is 0 Å². The molecule has 0 bridgehead atoms. The molecular weight excluding hydrogens is 306 g/mol. The van der Waals surface area contributed by atoms with Gasteiger partial charge in [-0.25, -0.2) is 0 Å². The first-order valence-electron chi connectivity index (χ1n) is 6.74. The number of rotatable bonds is 3. The lowest BCUT2D eigenvalue weighted by atomic mass is 9.79. The first-order valence-corrected chi connectivity index (χ1v) is 8.42. The Hall–Kier alpha value is 0.01000. The monoisotopic (exact) mass is 327 g/mol. The molecule has 3 heteroatoms. The van der Waals surface area contributed by atoms with Crippen molar-refractivity contribution in [3.63, 3.8) is 0 Å². The summed E-state index contributed by atoms with van der Waals surface area (Å²) >= 11 is 5.57. The Balaban J connectivity index is 2.05. The fourth-order valence-corrected chi connectivity index (χ4v) is 4.51. The van der Waals surface area contributed by atoms with E-state index >= 15 is 0 Å². The molecule has 0 aliphatic heterocycles. The van der Waals surface area contributed by atoms with Gasteiger partial charge in [0.05, 0.1) is 0 Å². The SMILES string of the molecule is CC(C)C1CCC(N)C(Sc2ccccc2Br)C1. The fourth-order valence-electron chi connectivity index (χ4n) is 2.63. The van der Waals surface area contributed by atoms with Crippen molar-refractivity contribution in [2.24, 2.45) is 17.6 Å². The molecular formula is C15H22BrNS. The highest BCUT2D eigenvalue weighted by Crippen LogP contribution is 2.40. The van der Waals surface area contributed by atoms with Gasteiger partial charge in [0, 0.05) is 20.7 Å². The topological polar surface area (TPSA) is 26.0 Å². The van der Waals surface area contributed by atoms with Gasteiger partial charge < -0.3 is 5.73 Å². The van der Waals surface area contributed by atoms with Crippen LogP contribution in [0.4, 0.5) is 0 Å². The van der Waals surface area contributed by atoms with Crippen LogP contribution in [0.1, 0.15) is 33.1 Å². The van der Waals surface area contributed by atoms with Gasteiger partial charge in [-0.2, -0.15) is 0 Å². The lowest BCUT2D eigenvalue weighted by molar-refractivity contribution is 0.266. The van der Waals surface area contributed by atoms with Crippen LogP contribution in [0, 0.1) is 11.8 Å². The number of halogens is 1. The zero-order chi connectivity index (χ0) is 13.1. The summed E-state index contributed by atoms with van der Waals surface area (Å²) in [5, 5.41) is 0.560. The molecule has 1 aromatic rings. The van der Waals surface area contributed by atoms with Gasteiger partial charge in [-0.3, -0.25) is 0 Å². The minimum absolute atomic E-state index is 0.345. The van der Waals surface area contributed by atoms with Crippen LogP contribution >= 0.6 is 27.7 Å². The van der Waals surface area contributed by atoms with E-state index in [1.165, 1.54) is 28.6 Å². The van der Waals surface area contributed by atoms with Crippen LogP contribution in [0.2, 0.25) is 0 Å². The smallest absolute Gasteiger partial charge is 0.0311 e. The van der Waals surface area contributed by atoms with E-state index < -0.39 is 0 Å². The van der Waals surface area contributed by atoms with Gasteiger partial charge in [-0.05, 0) is 59.2 Å². The predicted octanol–water partition coefficient (Wildman–Crippen LogP) is 4.69. The predicted molar refractivity (Wildman–Crippen MR) is 83.9 cm³/mol. The Kier molecular flexibility index (Phi) is 5.16. The molecule has 1 nitrogen and oxygen atoms in total. The second kappa shape index (κ2) is 6.44. The largest absolute Gasteiger partial charge is 0.327 e. The fraction of sp³-hybridized carbons (Fsp3) is 0.600. The van der Waals surface area contributed by atoms with Crippen molar-refractivity contribution in [1.29, 1.82) is 0 Å². The van der Waals surface area contributed by atoms with E-state index in [2.05, 4.69) is 54.0 Å². The Morgan fingerprint density at radius 1 is 1.28 bits per heavy atom. The molecule has 0 heterocycles. The quantitative estimate of drug-likeness (QED) is 0.871. The molecule has 18 heavy (non-hydrogen) atoms. The van der Waals surface area contributed by atoms with Gasteiger partial charge in [0.2, 0.25) is 0 Å². The van der Waals surface area contributed by atoms with Crippen LogP contribution < -0.4 is 5.73 Å². The van der Waals surface area contributed by atoms with Crippen molar-refractivity contribution in [3.8, 4) is 0 Å². The van der Waals surface area contributed by atoms with Gasteiger partial charge >= 0.3 is 0 Å². The van der Waals surface area contributed by atoms with Crippen LogP contribution in [0.3, 0.4) is 0 Å². The van der Waals surface area contributed by atoms with Gasteiger partial charge in [0.1, 0.15) is 0 Å². The molecule has 0 spiro atoms. The molecule has 0 aromatic heterocycles. The van der Waals surface area contributed by atoms with Crippen LogP contribution in [0.15, 0.2) is 33.6 Å². The summed E-state index contributed by atoms with van der Waals surface area (Å²) in [6, 6.07) is 8.79. The van der Waals surface area contributed by atoms with E-state index in [4.69, 9.17) is 5.73 Å². The number of thioether (sulfide) groups is 1. The van der Waals surface area contributed by atoms with Crippen molar-refractivity contribution in [1.82, 2.24) is 0 Å². The van der Waals surface area contributed by atoms with Crippen molar-refractivity contribution < 1.29 is 0 Å². The normalized spacial score (nSPS) is 28.6. The van der Waals surface area contributed by atoms with E-state index in [-0.39, 0.29) is 0 Å². The van der Waals surface area contributed by atoms with Gasteiger partial charge in [-0.15, -0.1) is 11.8 Å². The van der Waals surface area contributed by atoms with E-state index in [0.717, 1.165) is 11.8 Å². The molecule has 1 fully saturated rings. The summed E-state index contributed by atoms with van der Waals surface area (Å²) in [6.07, 6.45) is 3.72. The molecule has 2 N–H and O–H groups in total. The third-order valence-corrected chi connectivity index (χ3v) is 6.35. The van der Waals surface area contributed by atoms with E-state index in [0.29, 0.717) is 11.3 Å². The van der Waals surface area contributed by atoms with Crippen LogP contribution in [-0.4, -0.2) is 11.3 Å². The molecule has 0 amide bonds. The standard InChI is InChI=1S/C15H22BrNS/c1-10(2)11-7-8-13(17)15(9-11)18-14-6-4-3-5-12(14)16/h3-6,10-11,13,15H,7-9,17H2,1-2H3. The van der Waals surface area contributed by atoms with Gasteiger partial charge in [-0.1, -0.05) is 26.0 Å². The molecule has 1 aliphatic rings. The lowest BCUT2D eigenvalue weighted by Crippen LogP contribution is -2.39. The molecule has 0 saturated heterocycles. The zero-order valence-corrected chi connectivity index (χ0v) is 13.5. The Bertz CT molecular complexity index is 394. The number of hydrogen-bond acceptors (Lipinski definition) is 2. The third-order valence-electron chi connectivity index (χ3n) is 3.94. The highest BCUT2D eigenvalue weighted by molar-refractivity contribution is 9.10. The minimum atomic E-state index is 0.345. The molecule has 3 atom stereocenters. The Morgan fingerprint density at radius 2 is 2.00 bits per heavy atom. The van der Waals surface area contributed by atoms with Gasteiger partial charge in [0.15, 0.2) is 0 Å². The van der Waals surface area contributed by atoms with E-state index in [1.807, 2.05) is 11.8 Å². The van der Waals surface area contributed by atoms with Crippen molar-refractivity contribution in [3.05, 3.63) is 28.7 Å². The number of benzene rings is 1. The van der Waals surface area contributed by atoms with E-state index in [1.54, 1.807) is 0 Å². The molecule has 1 saturated carbocycles. The second-order valence-corrected chi connectivity index (χ2v) is 7.70. The average Bonchev–Trinajstić information content (AvgIpc) is 2.34. The maximum Gasteiger partial charge on any atom is 0.0311 e. The summed E-state index contributed by atoms with van der Waals surface area (Å²) in [7, 11) is 0. The third kappa shape index (κ3) is 3.52. The van der Waals surface area contributed by atoms with Crippen molar-refractivity contribution >= 4 is 27.7 Å². The first-order chi connectivity index (χ1) is 8.58. The maximum absolute atomic E-state index is 6.30. The molecule has 1 aliphatic carbocycles. The second-order valence-electron chi connectivity index (χ2n) is 5.57. The number of hydrogen-bond donors (Lipinski definition) is 1. The summed E-state index contributed by atoms with van der Waals surface area (Å²) in [4.78, 5) is 1.32. The maximum atomic E-state index is 6.30. The minimum Gasteiger partial charge on any atom is -0.327 e. The lowest BCUT2D eigenvalue weighted by Gasteiger charge is -2.35. The van der Waals surface area contributed by atoms with Crippen LogP contribution in [-0.2, 0) is 0 Å². The highest BCUT2D eigenvalue weighted by atomic mass is 79.9. The van der Waals surface area contributed by atoms with Crippen LogP contribution in [0.5, 0.6) is 0 Å². The zero-order valence-electron chi connectivity index (χ0n) is 11.1. The summed E-state index contributed by atoms with van der Waals surface area (Å²) in [6.45, 7) is 4.67. The Morgan fingerprint density at radius 3 is 2.67 bits per heavy atom. The molecule has 0 radical (unpaired) electrons. The van der Waals surface area contributed by atoms with E-state index in [9.17, 15) is 0 Å². The highest BCUT2D eigenvalue weighted by Gasteiger charge is 2.30.